The van der Waals surface area contributed by atoms with Crippen LogP contribution in [0.2, 0.25) is 0 Å². The van der Waals surface area contributed by atoms with Crippen LogP contribution in [-0.2, 0) is 6.54 Å². The second kappa shape index (κ2) is 6.87. The van der Waals surface area contributed by atoms with Crippen molar-refractivity contribution in [1.29, 1.82) is 0 Å². The number of aryl methyl sites for hydroxylation is 1. The third-order valence-electron chi connectivity index (χ3n) is 2.76. The highest BCUT2D eigenvalue weighted by molar-refractivity contribution is 7.80. The summed E-state index contributed by atoms with van der Waals surface area (Å²) in [6.07, 6.45) is 8.99. The molecule has 0 aromatic carbocycles. The molecule has 0 amide bonds. The summed E-state index contributed by atoms with van der Waals surface area (Å²) in [7, 11) is 0. The van der Waals surface area contributed by atoms with Crippen LogP contribution >= 0.6 is 24.0 Å². The SMILES string of the molecule is SCCCCCCn1ccnc1-c1cccs1. The number of thiol groups is 1. The smallest absolute Gasteiger partial charge is 0.149 e. The van der Waals surface area contributed by atoms with Gasteiger partial charge in [-0.15, -0.1) is 11.3 Å². The Balaban J connectivity index is 1.87. The summed E-state index contributed by atoms with van der Waals surface area (Å²) in [4.78, 5) is 5.69. The summed E-state index contributed by atoms with van der Waals surface area (Å²) in [6.45, 7) is 1.07. The van der Waals surface area contributed by atoms with Gasteiger partial charge in [0.1, 0.15) is 5.82 Å². The summed E-state index contributed by atoms with van der Waals surface area (Å²) in [5, 5.41) is 2.10. The molecule has 0 aliphatic rings. The molecule has 0 saturated heterocycles. The van der Waals surface area contributed by atoms with Gasteiger partial charge in [-0.25, -0.2) is 4.98 Å². The first-order chi connectivity index (χ1) is 8.42. The van der Waals surface area contributed by atoms with Crippen molar-refractivity contribution in [3.8, 4) is 10.7 Å². The van der Waals surface area contributed by atoms with Gasteiger partial charge in [-0.2, -0.15) is 12.6 Å². The Labute approximate surface area is 112 Å². The molecule has 0 aliphatic heterocycles. The third-order valence-corrected chi connectivity index (χ3v) is 3.95. The molecule has 17 heavy (non-hydrogen) atoms. The van der Waals surface area contributed by atoms with E-state index >= 15 is 0 Å². The molecule has 0 aliphatic carbocycles. The molecule has 4 heteroatoms. The van der Waals surface area contributed by atoms with E-state index in [-0.39, 0.29) is 0 Å². The van der Waals surface area contributed by atoms with Crippen LogP contribution < -0.4 is 0 Å². The van der Waals surface area contributed by atoms with E-state index < -0.39 is 0 Å². The van der Waals surface area contributed by atoms with Crippen LogP contribution in [0.5, 0.6) is 0 Å². The molecule has 0 N–H and O–H groups in total. The van der Waals surface area contributed by atoms with Crippen molar-refractivity contribution >= 4 is 24.0 Å². The van der Waals surface area contributed by atoms with Crippen LogP contribution in [0.25, 0.3) is 10.7 Å². The van der Waals surface area contributed by atoms with E-state index in [1.54, 1.807) is 11.3 Å². The molecule has 2 rings (SSSR count). The zero-order valence-electron chi connectivity index (χ0n) is 9.88. The van der Waals surface area contributed by atoms with Gasteiger partial charge in [-0.3, -0.25) is 0 Å². The highest BCUT2D eigenvalue weighted by Crippen LogP contribution is 2.23. The van der Waals surface area contributed by atoms with E-state index in [4.69, 9.17) is 0 Å². The summed E-state index contributed by atoms with van der Waals surface area (Å²) in [5.74, 6) is 2.11. The van der Waals surface area contributed by atoms with Crippen LogP contribution in [0, 0.1) is 0 Å². The summed E-state index contributed by atoms with van der Waals surface area (Å²) in [6, 6.07) is 4.20. The van der Waals surface area contributed by atoms with Crippen molar-refractivity contribution in [2.45, 2.75) is 32.2 Å². The maximum atomic E-state index is 4.43. The maximum Gasteiger partial charge on any atom is 0.149 e. The monoisotopic (exact) mass is 266 g/mol. The van der Waals surface area contributed by atoms with E-state index in [9.17, 15) is 0 Å². The highest BCUT2D eigenvalue weighted by Gasteiger charge is 2.05. The summed E-state index contributed by atoms with van der Waals surface area (Å²) in [5.41, 5.74) is 0. The lowest BCUT2D eigenvalue weighted by atomic mass is 10.2. The predicted molar refractivity (Wildman–Crippen MR) is 77.9 cm³/mol. The fourth-order valence-electron chi connectivity index (χ4n) is 1.87. The largest absolute Gasteiger partial charge is 0.330 e. The fraction of sp³-hybridized carbons (Fsp3) is 0.462. The molecule has 0 atom stereocenters. The molecule has 2 aromatic rings. The van der Waals surface area contributed by atoms with Gasteiger partial charge in [0.25, 0.3) is 0 Å². The average molecular weight is 266 g/mol. The van der Waals surface area contributed by atoms with Gasteiger partial charge in [0.05, 0.1) is 4.88 Å². The third kappa shape index (κ3) is 3.61. The first-order valence-electron chi connectivity index (χ1n) is 6.07. The molecule has 2 aromatic heterocycles. The lowest BCUT2D eigenvalue weighted by molar-refractivity contribution is 0.588. The lowest BCUT2D eigenvalue weighted by Gasteiger charge is -2.06. The minimum absolute atomic E-state index is 1.01. The normalized spacial score (nSPS) is 10.9. The lowest BCUT2D eigenvalue weighted by Crippen LogP contribution is -1.98. The Kier molecular flexibility index (Phi) is 5.13. The zero-order chi connectivity index (χ0) is 11.9. The first-order valence-corrected chi connectivity index (χ1v) is 7.59. The minimum atomic E-state index is 1.01. The Morgan fingerprint density at radius 2 is 2.12 bits per heavy atom. The number of imidazole rings is 1. The number of thiophene rings is 1. The van der Waals surface area contributed by atoms with Crippen molar-refractivity contribution < 1.29 is 0 Å². The predicted octanol–water partition coefficient (Wildman–Crippen LogP) is 4.10. The van der Waals surface area contributed by atoms with Gasteiger partial charge >= 0.3 is 0 Å². The van der Waals surface area contributed by atoms with E-state index in [1.807, 2.05) is 6.20 Å². The minimum Gasteiger partial charge on any atom is -0.330 e. The van der Waals surface area contributed by atoms with Crippen molar-refractivity contribution in [3.05, 3.63) is 29.9 Å². The Morgan fingerprint density at radius 3 is 2.88 bits per heavy atom. The van der Waals surface area contributed by atoms with E-state index in [0.717, 1.165) is 18.1 Å². The van der Waals surface area contributed by atoms with Crippen molar-refractivity contribution in [2.24, 2.45) is 0 Å². The Hall–Kier alpha value is -0.740. The molecule has 0 saturated carbocycles. The van der Waals surface area contributed by atoms with Gasteiger partial charge in [0.2, 0.25) is 0 Å². The van der Waals surface area contributed by atoms with Gasteiger partial charge < -0.3 is 4.57 Å². The first kappa shape index (κ1) is 12.7. The number of nitrogens with zero attached hydrogens (tertiary/aromatic N) is 2. The second-order valence-corrected chi connectivity index (χ2v) is 5.45. The number of rotatable bonds is 7. The van der Waals surface area contributed by atoms with Crippen LogP contribution in [-0.4, -0.2) is 15.3 Å². The molecule has 2 heterocycles. The number of hydrogen-bond donors (Lipinski definition) is 1. The van der Waals surface area contributed by atoms with Gasteiger partial charge in [-0.05, 0) is 30.0 Å². The van der Waals surface area contributed by atoms with E-state index in [0.29, 0.717) is 0 Å². The van der Waals surface area contributed by atoms with E-state index in [2.05, 4.69) is 45.9 Å². The Morgan fingerprint density at radius 1 is 1.24 bits per heavy atom. The number of hydrogen-bond acceptors (Lipinski definition) is 3. The quantitative estimate of drug-likeness (QED) is 0.590. The van der Waals surface area contributed by atoms with Crippen LogP contribution in [0.15, 0.2) is 29.9 Å². The molecule has 0 spiro atoms. The standard InChI is InChI=1S/C13H18N2S2/c16-10-4-2-1-3-8-15-9-7-14-13(15)12-6-5-11-17-12/h5-7,9,11,16H,1-4,8,10H2. The topological polar surface area (TPSA) is 17.8 Å². The molecular formula is C13H18N2S2. The molecule has 2 nitrogen and oxygen atoms in total. The summed E-state index contributed by atoms with van der Waals surface area (Å²) >= 11 is 5.97. The number of unbranched alkanes of at least 4 members (excludes halogenated alkanes) is 3. The molecular weight excluding hydrogens is 248 g/mol. The van der Waals surface area contributed by atoms with E-state index in [1.165, 1.54) is 30.6 Å². The van der Waals surface area contributed by atoms with Crippen LogP contribution in [0.1, 0.15) is 25.7 Å². The zero-order valence-corrected chi connectivity index (χ0v) is 11.6. The molecule has 0 fully saturated rings. The Bertz CT molecular complexity index is 420. The molecule has 92 valence electrons. The van der Waals surface area contributed by atoms with Crippen molar-refractivity contribution in [2.75, 3.05) is 5.75 Å². The molecule has 0 bridgehead atoms. The van der Waals surface area contributed by atoms with Crippen molar-refractivity contribution in [3.63, 3.8) is 0 Å². The van der Waals surface area contributed by atoms with Crippen LogP contribution in [0.4, 0.5) is 0 Å². The highest BCUT2D eigenvalue weighted by atomic mass is 32.1. The molecule has 0 radical (unpaired) electrons. The van der Waals surface area contributed by atoms with Gasteiger partial charge in [-0.1, -0.05) is 18.9 Å². The number of aromatic nitrogens is 2. The maximum absolute atomic E-state index is 4.43. The summed E-state index contributed by atoms with van der Waals surface area (Å²) < 4.78 is 2.26. The molecule has 0 unspecified atom stereocenters. The van der Waals surface area contributed by atoms with Gasteiger partial charge in [0, 0.05) is 18.9 Å². The van der Waals surface area contributed by atoms with Crippen molar-refractivity contribution in [1.82, 2.24) is 9.55 Å². The van der Waals surface area contributed by atoms with Gasteiger partial charge in [0.15, 0.2) is 0 Å². The fourth-order valence-corrected chi connectivity index (χ4v) is 2.83. The second-order valence-electron chi connectivity index (χ2n) is 4.06. The average Bonchev–Trinajstić information content (AvgIpc) is 2.98. The van der Waals surface area contributed by atoms with Crippen LogP contribution in [0.3, 0.4) is 0 Å².